The largest absolute Gasteiger partial charge is 0.497 e. The number of nitrogens with zero attached hydrogens (tertiary/aromatic N) is 3. The summed E-state index contributed by atoms with van der Waals surface area (Å²) in [6.45, 7) is 13.9. The second kappa shape index (κ2) is 11.6. The first-order valence-electron chi connectivity index (χ1n) is 10.7. The van der Waals surface area contributed by atoms with E-state index >= 15 is 0 Å². The van der Waals surface area contributed by atoms with Gasteiger partial charge in [-0.05, 0) is 45.4 Å². The molecule has 0 spiro atoms. The molecule has 0 aromatic heterocycles. The van der Waals surface area contributed by atoms with Crippen LogP contribution in [0.25, 0.3) is 0 Å². The molecule has 0 radical (unpaired) electrons. The topological polar surface area (TPSA) is 78.4 Å². The summed E-state index contributed by atoms with van der Waals surface area (Å²) < 4.78 is 10.7. The number of amides is 1. The quantitative estimate of drug-likeness (QED) is 0.522. The van der Waals surface area contributed by atoms with E-state index in [-0.39, 0.29) is 6.09 Å². The molecule has 0 aliphatic carbocycles. The summed E-state index contributed by atoms with van der Waals surface area (Å²) in [5.41, 5.74) is 0.648. The lowest BCUT2D eigenvalue weighted by Gasteiger charge is -2.35. The van der Waals surface area contributed by atoms with Crippen molar-refractivity contribution in [3.63, 3.8) is 0 Å². The second-order valence-electron chi connectivity index (χ2n) is 8.28. The molecule has 168 valence electrons. The molecule has 1 heterocycles. The van der Waals surface area contributed by atoms with Crippen LogP contribution < -0.4 is 15.4 Å². The highest BCUT2D eigenvalue weighted by molar-refractivity contribution is 5.79. The van der Waals surface area contributed by atoms with Crippen molar-refractivity contribution in [2.45, 2.75) is 39.8 Å². The van der Waals surface area contributed by atoms with Gasteiger partial charge in [0.05, 0.1) is 13.7 Å². The monoisotopic (exact) mass is 419 g/mol. The Hall–Kier alpha value is -2.48. The molecule has 1 saturated heterocycles. The van der Waals surface area contributed by atoms with Crippen LogP contribution in [0, 0.1) is 0 Å². The van der Waals surface area contributed by atoms with Crippen molar-refractivity contribution in [3.05, 3.63) is 29.8 Å². The normalized spacial score (nSPS) is 15.6. The van der Waals surface area contributed by atoms with Crippen LogP contribution in [0.4, 0.5) is 4.79 Å². The Labute approximate surface area is 180 Å². The van der Waals surface area contributed by atoms with Gasteiger partial charge in [-0.15, -0.1) is 0 Å². The molecule has 0 unspecified atom stereocenters. The molecule has 2 N–H and O–H groups in total. The predicted octanol–water partition coefficient (Wildman–Crippen LogP) is 2.30. The maximum Gasteiger partial charge on any atom is 0.410 e. The highest BCUT2D eigenvalue weighted by Crippen LogP contribution is 2.13. The fraction of sp³-hybridized carbons (Fsp3) is 0.636. The molecular formula is C22H37N5O3. The first kappa shape index (κ1) is 23.8. The fourth-order valence-electron chi connectivity index (χ4n) is 3.10. The van der Waals surface area contributed by atoms with Crippen molar-refractivity contribution < 1.29 is 14.3 Å². The van der Waals surface area contributed by atoms with Gasteiger partial charge in [0.2, 0.25) is 0 Å². The van der Waals surface area contributed by atoms with Crippen molar-refractivity contribution in [2.75, 3.05) is 52.9 Å². The Balaban J connectivity index is 1.75. The number of methoxy groups -OCH3 is 1. The zero-order valence-corrected chi connectivity index (χ0v) is 19.0. The van der Waals surface area contributed by atoms with Gasteiger partial charge in [-0.2, -0.15) is 0 Å². The highest BCUT2D eigenvalue weighted by atomic mass is 16.6. The van der Waals surface area contributed by atoms with Gasteiger partial charge in [-0.25, -0.2) is 9.79 Å². The van der Waals surface area contributed by atoms with Crippen molar-refractivity contribution in [1.82, 2.24) is 20.4 Å². The van der Waals surface area contributed by atoms with Crippen LogP contribution in [0.2, 0.25) is 0 Å². The molecule has 1 fully saturated rings. The van der Waals surface area contributed by atoms with Gasteiger partial charge in [0, 0.05) is 45.8 Å². The number of hydrogen-bond acceptors (Lipinski definition) is 5. The SMILES string of the molecule is CCNC(=NCc1cccc(OC)c1)NCCN1CCN(C(=O)OC(C)(C)C)CC1. The average molecular weight is 420 g/mol. The van der Waals surface area contributed by atoms with Gasteiger partial charge in [-0.1, -0.05) is 12.1 Å². The lowest BCUT2D eigenvalue weighted by Crippen LogP contribution is -2.51. The second-order valence-corrected chi connectivity index (χ2v) is 8.28. The van der Waals surface area contributed by atoms with Crippen LogP contribution in [0.3, 0.4) is 0 Å². The summed E-state index contributed by atoms with van der Waals surface area (Å²) >= 11 is 0. The van der Waals surface area contributed by atoms with E-state index in [2.05, 4.69) is 27.4 Å². The van der Waals surface area contributed by atoms with Crippen molar-refractivity contribution in [1.29, 1.82) is 0 Å². The Bertz CT molecular complexity index is 694. The molecule has 1 aliphatic heterocycles. The van der Waals surface area contributed by atoms with Gasteiger partial charge >= 0.3 is 6.09 Å². The molecule has 1 aromatic rings. The number of guanidine groups is 1. The van der Waals surface area contributed by atoms with E-state index in [1.165, 1.54) is 0 Å². The zero-order valence-electron chi connectivity index (χ0n) is 19.0. The lowest BCUT2D eigenvalue weighted by atomic mass is 10.2. The first-order chi connectivity index (χ1) is 14.3. The Morgan fingerprint density at radius 1 is 1.17 bits per heavy atom. The Kier molecular flexibility index (Phi) is 9.23. The number of ether oxygens (including phenoxy) is 2. The highest BCUT2D eigenvalue weighted by Gasteiger charge is 2.25. The van der Waals surface area contributed by atoms with Crippen molar-refractivity contribution in [2.24, 2.45) is 4.99 Å². The smallest absolute Gasteiger partial charge is 0.410 e. The van der Waals surface area contributed by atoms with E-state index in [4.69, 9.17) is 9.47 Å². The Morgan fingerprint density at radius 3 is 2.53 bits per heavy atom. The van der Waals surface area contributed by atoms with Crippen LogP contribution >= 0.6 is 0 Å². The third-order valence-electron chi connectivity index (χ3n) is 4.64. The maximum atomic E-state index is 12.2. The van der Waals surface area contributed by atoms with Gasteiger partial charge < -0.3 is 25.0 Å². The number of aliphatic imine (C=N–C) groups is 1. The molecule has 0 bridgehead atoms. The summed E-state index contributed by atoms with van der Waals surface area (Å²) in [5, 5.41) is 6.68. The number of nitrogens with one attached hydrogen (secondary N) is 2. The van der Waals surface area contributed by atoms with E-state index in [1.54, 1.807) is 12.0 Å². The minimum Gasteiger partial charge on any atom is -0.497 e. The summed E-state index contributed by atoms with van der Waals surface area (Å²) in [7, 11) is 1.67. The third-order valence-corrected chi connectivity index (χ3v) is 4.64. The molecule has 8 nitrogen and oxygen atoms in total. The predicted molar refractivity (Wildman–Crippen MR) is 120 cm³/mol. The molecule has 1 aliphatic rings. The van der Waals surface area contributed by atoms with Crippen LogP contribution in [0.5, 0.6) is 5.75 Å². The van der Waals surface area contributed by atoms with E-state index < -0.39 is 5.60 Å². The standard InChI is InChI=1S/C22H37N5O3/c1-6-23-20(25-17-18-8-7-9-19(16-18)29-5)24-10-11-26-12-14-27(15-13-26)21(28)30-22(2,3)4/h7-9,16H,6,10-15,17H2,1-5H3,(H2,23,24,25). The summed E-state index contributed by atoms with van der Waals surface area (Å²) in [4.78, 5) is 21.0. The number of piperazine rings is 1. The van der Waals surface area contributed by atoms with Crippen LogP contribution in [-0.4, -0.2) is 80.4 Å². The third kappa shape index (κ3) is 8.49. The molecule has 30 heavy (non-hydrogen) atoms. The van der Waals surface area contributed by atoms with E-state index in [0.29, 0.717) is 19.6 Å². The number of benzene rings is 1. The van der Waals surface area contributed by atoms with Gasteiger partial charge in [0.25, 0.3) is 0 Å². The van der Waals surface area contributed by atoms with Crippen LogP contribution in [0.15, 0.2) is 29.3 Å². The lowest BCUT2D eigenvalue weighted by molar-refractivity contribution is 0.0147. The molecule has 1 amide bonds. The van der Waals surface area contributed by atoms with Gasteiger partial charge in [-0.3, -0.25) is 4.90 Å². The minimum atomic E-state index is -0.453. The Morgan fingerprint density at radius 2 is 1.90 bits per heavy atom. The van der Waals surface area contributed by atoms with Gasteiger partial charge in [0.1, 0.15) is 11.4 Å². The van der Waals surface area contributed by atoms with E-state index in [9.17, 15) is 4.79 Å². The minimum absolute atomic E-state index is 0.223. The summed E-state index contributed by atoms with van der Waals surface area (Å²) in [5.74, 6) is 1.64. The molecule has 0 atom stereocenters. The molecule has 8 heteroatoms. The van der Waals surface area contributed by atoms with E-state index in [1.807, 2.05) is 45.0 Å². The van der Waals surface area contributed by atoms with Crippen molar-refractivity contribution >= 4 is 12.1 Å². The van der Waals surface area contributed by atoms with Crippen LogP contribution in [-0.2, 0) is 11.3 Å². The number of carbonyl (C=O) groups is 1. The molecule has 1 aromatic carbocycles. The first-order valence-corrected chi connectivity index (χ1v) is 10.7. The molecule has 0 saturated carbocycles. The molecular weight excluding hydrogens is 382 g/mol. The fourth-order valence-corrected chi connectivity index (χ4v) is 3.10. The number of carbonyl (C=O) groups excluding carboxylic acids is 1. The summed E-state index contributed by atoms with van der Waals surface area (Å²) in [6, 6.07) is 7.94. The van der Waals surface area contributed by atoms with Gasteiger partial charge in [0.15, 0.2) is 5.96 Å². The number of rotatable bonds is 7. The van der Waals surface area contributed by atoms with Crippen molar-refractivity contribution in [3.8, 4) is 5.75 Å². The average Bonchev–Trinajstić information content (AvgIpc) is 2.71. The summed E-state index contributed by atoms with van der Waals surface area (Å²) in [6.07, 6.45) is -0.223. The number of hydrogen-bond donors (Lipinski definition) is 2. The van der Waals surface area contributed by atoms with Crippen LogP contribution in [0.1, 0.15) is 33.3 Å². The molecule has 2 rings (SSSR count). The maximum absolute atomic E-state index is 12.2. The zero-order chi connectivity index (χ0) is 22.0. The van der Waals surface area contributed by atoms with E-state index in [0.717, 1.165) is 50.0 Å².